The zero-order chi connectivity index (χ0) is 35.1. The van der Waals surface area contributed by atoms with Crippen molar-refractivity contribution in [2.75, 3.05) is 0 Å². The van der Waals surface area contributed by atoms with Crippen LogP contribution >= 0.6 is 0 Å². The van der Waals surface area contributed by atoms with Crippen molar-refractivity contribution in [2.45, 2.75) is 0 Å². The number of benzene rings is 8. The Balaban J connectivity index is 1.29. The summed E-state index contributed by atoms with van der Waals surface area (Å²) in [5.74, 6) is 1.88. The number of para-hydroxylation sites is 1. The Kier molecular flexibility index (Phi) is 7.43. The second-order valence-electron chi connectivity index (χ2n) is 13.2. The molecule has 248 valence electrons. The van der Waals surface area contributed by atoms with E-state index >= 15 is 0 Å². The van der Waals surface area contributed by atoms with E-state index in [1.165, 1.54) is 10.8 Å². The van der Waals surface area contributed by atoms with E-state index in [0.29, 0.717) is 17.5 Å². The average molecular weight is 677 g/mol. The predicted octanol–water partition coefficient (Wildman–Crippen LogP) is 12.5. The molecule has 0 radical (unpaired) electrons. The summed E-state index contributed by atoms with van der Waals surface area (Å²) >= 11 is 0. The molecule has 0 aliphatic rings. The third-order valence-corrected chi connectivity index (χ3v) is 10.1. The molecule has 0 spiro atoms. The Morgan fingerprint density at radius 3 is 1.68 bits per heavy atom. The van der Waals surface area contributed by atoms with Gasteiger partial charge < -0.3 is 4.57 Å². The van der Waals surface area contributed by atoms with Gasteiger partial charge in [0.2, 0.25) is 0 Å². The summed E-state index contributed by atoms with van der Waals surface area (Å²) in [6, 6.07) is 67.9. The lowest BCUT2D eigenvalue weighted by molar-refractivity contribution is 1.08. The van der Waals surface area contributed by atoms with Crippen LogP contribution in [0.4, 0.5) is 0 Å². The van der Waals surface area contributed by atoms with Crippen molar-refractivity contribution in [1.82, 2.24) is 19.5 Å². The quantitative estimate of drug-likeness (QED) is 0.176. The van der Waals surface area contributed by atoms with Gasteiger partial charge in [-0.3, -0.25) is 0 Å². The van der Waals surface area contributed by atoms with E-state index in [1.54, 1.807) is 0 Å². The Morgan fingerprint density at radius 2 is 0.943 bits per heavy atom. The summed E-state index contributed by atoms with van der Waals surface area (Å²) in [6.07, 6.45) is 0. The minimum atomic E-state index is 0.625. The van der Waals surface area contributed by atoms with E-state index in [-0.39, 0.29) is 0 Å². The average Bonchev–Trinajstić information content (AvgIpc) is 3.60. The molecule has 0 saturated heterocycles. The molecule has 8 aromatic carbocycles. The van der Waals surface area contributed by atoms with E-state index in [0.717, 1.165) is 66.4 Å². The second-order valence-corrected chi connectivity index (χ2v) is 13.2. The van der Waals surface area contributed by atoms with E-state index in [4.69, 9.17) is 15.0 Å². The lowest BCUT2D eigenvalue weighted by Gasteiger charge is -2.14. The summed E-state index contributed by atoms with van der Waals surface area (Å²) < 4.78 is 2.38. The van der Waals surface area contributed by atoms with Crippen LogP contribution in [0.15, 0.2) is 194 Å². The molecule has 2 heterocycles. The first-order chi connectivity index (χ1) is 26.3. The third-order valence-electron chi connectivity index (χ3n) is 10.1. The molecular formula is C49H32N4. The maximum absolute atomic E-state index is 5.39. The number of aromatic nitrogens is 4. The highest BCUT2D eigenvalue weighted by atomic mass is 15.0. The summed E-state index contributed by atoms with van der Waals surface area (Å²) in [5, 5.41) is 4.65. The fourth-order valence-corrected chi connectivity index (χ4v) is 7.60. The monoisotopic (exact) mass is 676 g/mol. The van der Waals surface area contributed by atoms with Crippen LogP contribution in [0, 0.1) is 0 Å². The van der Waals surface area contributed by atoms with Gasteiger partial charge in [0.1, 0.15) is 0 Å². The third kappa shape index (κ3) is 5.36. The van der Waals surface area contributed by atoms with Gasteiger partial charge in [0.15, 0.2) is 17.5 Å². The smallest absolute Gasteiger partial charge is 0.164 e. The molecule has 53 heavy (non-hydrogen) atoms. The van der Waals surface area contributed by atoms with Crippen molar-refractivity contribution in [1.29, 1.82) is 0 Å². The van der Waals surface area contributed by atoms with Crippen molar-refractivity contribution in [3.05, 3.63) is 194 Å². The number of fused-ring (bicyclic) bond motifs is 5. The Hall–Kier alpha value is -7.17. The molecule has 0 aliphatic carbocycles. The molecule has 0 aliphatic heterocycles. The van der Waals surface area contributed by atoms with E-state index < -0.39 is 0 Å². The van der Waals surface area contributed by atoms with Crippen LogP contribution < -0.4 is 0 Å². The standard InChI is InChI=1S/C49H32N4/c1-5-16-33(17-6-1)37-29-30-39(34-18-7-2-8-19-34)43(32-37)49-51-47(36-21-9-3-10-22-36)50-48(52-49)42-26-15-27-44-45(42)41-31-28-35-20-13-14-25-40(35)46(41)53(44)38-23-11-4-12-24-38/h1-32H. The molecule has 10 rings (SSSR count). The van der Waals surface area contributed by atoms with E-state index in [1.807, 2.05) is 30.3 Å². The van der Waals surface area contributed by atoms with Gasteiger partial charge in [-0.2, -0.15) is 0 Å². The Bertz CT molecular complexity index is 2920. The topological polar surface area (TPSA) is 43.6 Å². The number of hydrogen-bond acceptors (Lipinski definition) is 3. The maximum atomic E-state index is 5.39. The number of hydrogen-bond donors (Lipinski definition) is 0. The fraction of sp³-hybridized carbons (Fsp3) is 0. The molecule has 0 N–H and O–H groups in total. The molecule has 10 aromatic rings. The number of nitrogens with zero attached hydrogens (tertiary/aromatic N) is 4. The molecule has 0 bridgehead atoms. The van der Waals surface area contributed by atoms with Crippen molar-refractivity contribution >= 4 is 32.6 Å². The summed E-state index contributed by atoms with van der Waals surface area (Å²) in [4.78, 5) is 15.9. The highest BCUT2D eigenvalue weighted by Gasteiger charge is 2.22. The second kappa shape index (κ2) is 12.9. The first kappa shape index (κ1) is 30.6. The largest absolute Gasteiger partial charge is 0.309 e. The van der Waals surface area contributed by atoms with Crippen molar-refractivity contribution in [3.8, 4) is 62.1 Å². The molecule has 2 aromatic heterocycles. The summed E-state index contributed by atoms with van der Waals surface area (Å²) in [7, 11) is 0. The van der Waals surface area contributed by atoms with Crippen LogP contribution in [-0.4, -0.2) is 19.5 Å². The zero-order valence-electron chi connectivity index (χ0n) is 28.8. The Labute approximate surface area is 307 Å². The van der Waals surface area contributed by atoms with Crippen molar-refractivity contribution in [2.24, 2.45) is 0 Å². The summed E-state index contributed by atoms with van der Waals surface area (Å²) in [6.45, 7) is 0. The highest BCUT2D eigenvalue weighted by molar-refractivity contribution is 6.22. The van der Waals surface area contributed by atoms with Gasteiger partial charge in [0.25, 0.3) is 0 Å². The van der Waals surface area contributed by atoms with Crippen LogP contribution in [0.25, 0.3) is 94.7 Å². The minimum Gasteiger partial charge on any atom is -0.309 e. The van der Waals surface area contributed by atoms with Gasteiger partial charge in [0, 0.05) is 38.5 Å². The van der Waals surface area contributed by atoms with Crippen molar-refractivity contribution in [3.63, 3.8) is 0 Å². The van der Waals surface area contributed by atoms with Gasteiger partial charge >= 0.3 is 0 Å². The van der Waals surface area contributed by atoms with Crippen molar-refractivity contribution < 1.29 is 0 Å². The normalized spacial score (nSPS) is 11.4. The molecule has 4 nitrogen and oxygen atoms in total. The van der Waals surface area contributed by atoms with Gasteiger partial charge in [-0.05, 0) is 51.9 Å². The van der Waals surface area contributed by atoms with E-state index in [9.17, 15) is 0 Å². The van der Waals surface area contributed by atoms with Gasteiger partial charge in [-0.15, -0.1) is 0 Å². The van der Waals surface area contributed by atoms with Crippen LogP contribution in [0.1, 0.15) is 0 Å². The first-order valence-electron chi connectivity index (χ1n) is 17.9. The SMILES string of the molecule is c1ccc(-c2ccc(-c3ccccc3)c(-c3nc(-c4ccccc4)nc(-c4cccc5c4c4ccc6ccccc6c4n5-c4ccccc4)n3)c2)cc1. The minimum absolute atomic E-state index is 0.625. The Morgan fingerprint density at radius 1 is 0.340 bits per heavy atom. The van der Waals surface area contributed by atoms with Crippen LogP contribution in [0.5, 0.6) is 0 Å². The van der Waals surface area contributed by atoms with Gasteiger partial charge in [-0.1, -0.05) is 170 Å². The van der Waals surface area contributed by atoms with Crippen LogP contribution in [-0.2, 0) is 0 Å². The molecular weight excluding hydrogens is 645 g/mol. The number of rotatable bonds is 6. The lowest BCUT2D eigenvalue weighted by atomic mass is 9.94. The molecule has 0 fully saturated rings. The predicted molar refractivity (Wildman–Crippen MR) is 219 cm³/mol. The fourth-order valence-electron chi connectivity index (χ4n) is 7.60. The zero-order valence-corrected chi connectivity index (χ0v) is 28.8. The molecule has 0 amide bonds. The highest BCUT2D eigenvalue weighted by Crippen LogP contribution is 2.42. The summed E-state index contributed by atoms with van der Waals surface area (Å²) in [5.41, 5.74) is 10.6. The van der Waals surface area contributed by atoms with Gasteiger partial charge in [-0.25, -0.2) is 15.0 Å². The van der Waals surface area contributed by atoms with Gasteiger partial charge in [0.05, 0.1) is 11.0 Å². The molecule has 0 atom stereocenters. The van der Waals surface area contributed by atoms with Crippen LogP contribution in [0.3, 0.4) is 0 Å². The van der Waals surface area contributed by atoms with Crippen LogP contribution in [0.2, 0.25) is 0 Å². The molecule has 0 saturated carbocycles. The lowest BCUT2D eigenvalue weighted by Crippen LogP contribution is -2.02. The van der Waals surface area contributed by atoms with E-state index in [2.05, 4.69) is 168 Å². The first-order valence-corrected chi connectivity index (χ1v) is 17.9. The maximum Gasteiger partial charge on any atom is 0.164 e. The molecule has 4 heteroatoms. The molecule has 0 unspecified atom stereocenters.